The molecule has 1 heterocycles. The van der Waals surface area contributed by atoms with Crippen LogP contribution in [0.4, 0.5) is 5.69 Å². The van der Waals surface area contributed by atoms with E-state index in [-0.39, 0.29) is 18.4 Å². The number of aliphatic carboxylic acids is 1. The summed E-state index contributed by atoms with van der Waals surface area (Å²) in [4.78, 5) is 24.9. The Hall–Kier alpha value is -1.56. The van der Waals surface area contributed by atoms with Gasteiger partial charge in [0.2, 0.25) is 0 Å². The molecule has 0 aromatic heterocycles. The number of nitrogens with zero attached hydrogens (tertiary/aromatic N) is 1. The molecule has 0 saturated carbocycles. The summed E-state index contributed by atoms with van der Waals surface area (Å²) in [6, 6.07) is 5.07. The van der Waals surface area contributed by atoms with Gasteiger partial charge in [0.05, 0.1) is 11.5 Å². The zero-order valence-electron chi connectivity index (χ0n) is 10.5. The van der Waals surface area contributed by atoms with E-state index in [1.54, 1.807) is 23.1 Å². The first-order valence-electron chi connectivity index (χ1n) is 5.97. The number of carbonyl (C=O) groups is 2. The molecule has 1 aliphatic rings. The lowest BCUT2D eigenvalue weighted by atomic mass is 9.99. The van der Waals surface area contributed by atoms with Crippen LogP contribution in [-0.2, 0) is 4.79 Å². The minimum absolute atomic E-state index is 0.0434. The van der Waals surface area contributed by atoms with E-state index in [1.807, 2.05) is 6.92 Å². The van der Waals surface area contributed by atoms with Crippen molar-refractivity contribution < 1.29 is 14.7 Å². The monoisotopic (exact) mass is 326 g/mol. The van der Waals surface area contributed by atoms with Crippen molar-refractivity contribution in [1.29, 1.82) is 0 Å². The van der Waals surface area contributed by atoms with Crippen molar-refractivity contribution in [2.45, 2.75) is 6.92 Å². The summed E-state index contributed by atoms with van der Waals surface area (Å²) >= 11 is 3.28. The van der Waals surface area contributed by atoms with Crippen molar-refractivity contribution >= 4 is 33.5 Å². The molecule has 19 heavy (non-hydrogen) atoms. The van der Waals surface area contributed by atoms with E-state index in [9.17, 15) is 9.59 Å². The van der Waals surface area contributed by atoms with E-state index in [0.29, 0.717) is 17.8 Å². The molecule has 0 radical (unpaired) electrons. The number of carbonyl (C=O) groups excluding carboxylic acids is 1. The van der Waals surface area contributed by atoms with Crippen LogP contribution in [0.2, 0.25) is 0 Å². The summed E-state index contributed by atoms with van der Waals surface area (Å²) < 4.78 is 0.805. The molecule has 5 nitrogen and oxygen atoms in total. The Balaban J connectivity index is 2.19. The quantitative estimate of drug-likeness (QED) is 0.812. The molecular weight excluding hydrogens is 312 g/mol. The topological polar surface area (TPSA) is 83.6 Å². The number of hydrogen-bond acceptors (Lipinski definition) is 3. The van der Waals surface area contributed by atoms with Crippen LogP contribution in [0.3, 0.4) is 0 Å². The lowest BCUT2D eigenvalue weighted by Crippen LogP contribution is -2.30. The summed E-state index contributed by atoms with van der Waals surface area (Å²) in [6.45, 7) is 2.53. The van der Waals surface area contributed by atoms with Crippen LogP contribution in [0.15, 0.2) is 22.7 Å². The Bertz CT molecular complexity index is 533. The molecular formula is C13H15BrN2O3. The fourth-order valence-electron chi connectivity index (χ4n) is 2.35. The summed E-state index contributed by atoms with van der Waals surface area (Å²) in [6.07, 6.45) is 0. The number of amides is 1. The normalized spacial score (nSPS) is 22.5. The molecule has 1 aliphatic heterocycles. The summed E-state index contributed by atoms with van der Waals surface area (Å²) in [7, 11) is 0. The summed E-state index contributed by atoms with van der Waals surface area (Å²) in [5.74, 6) is -1.61. The van der Waals surface area contributed by atoms with Crippen molar-refractivity contribution in [2.75, 3.05) is 18.8 Å². The minimum atomic E-state index is -0.855. The highest BCUT2D eigenvalue weighted by atomic mass is 79.9. The predicted molar refractivity (Wildman–Crippen MR) is 74.7 cm³/mol. The molecule has 3 N–H and O–H groups in total. The van der Waals surface area contributed by atoms with E-state index >= 15 is 0 Å². The molecule has 1 fully saturated rings. The Labute approximate surface area is 119 Å². The number of carboxylic acids is 1. The van der Waals surface area contributed by atoms with Gasteiger partial charge in [0, 0.05) is 23.2 Å². The van der Waals surface area contributed by atoms with Crippen molar-refractivity contribution in [3.05, 3.63) is 28.2 Å². The largest absolute Gasteiger partial charge is 0.481 e. The maximum atomic E-state index is 12.3. The van der Waals surface area contributed by atoms with Crippen LogP contribution in [-0.4, -0.2) is 35.0 Å². The fourth-order valence-corrected chi connectivity index (χ4v) is 2.73. The first-order valence-corrected chi connectivity index (χ1v) is 6.76. The predicted octanol–water partition coefficient (Wildman–Crippen LogP) is 1.82. The standard InChI is InChI=1S/C13H15BrN2O3/c1-7-5-16(6-10(7)13(18)19)12(17)9-3-2-8(14)4-11(9)15/h2-4,7,10H,5-6,15H2,1H3,(H,18,19)/t7-,10-/m1/s1. The third kappa shape index (κ3) is 2.73. The van der Waals surface area contributed by atoms with E-state index in [4.69, 9.17) is 10.8 Å². The van der Waals surface area contributed by atoms with Crippen LogP contribution in [0.5, 0.6) is 0 Å². The number of likely N-dealkylation sites (tertiary alicyclic amines) is 1. The molecule has 1 amide bonds. The zero-order valence-corrected chi connectivity index (χ0v) is 12.1. The second-order valence-corrected chi connectivity index (χ2v) is 5.78. The first kappa shape index (κ1) is 13.9. The van der Waals surface area contributed by atoms with Gasteiger partial charge in [-0.05, 0) is 24.1 Å². The van der Waals surface area contributed by atoms with Crippen molar-refractivity contribution in [3.63, 3.8) is 0 Å². The van der Waals surface area contributed by atoms with Gasteiger partial charge < -0.3 is 15.7 Å². The molecule has 1 aromatic rings. The van der Waals surface area contributed by atoms with Crippen LogP contribution in [0.25, 0.3) is 0 Å². The lowest BCUT2D eigenvalue weighted by Gasteiger charge is -2.17. The number of nitrogens with two attached hydrogens (primary N) is 1. The van der Waals surface area contributed by atoms with Crippen LogP contribution >= 0.6 is 15.9 Å². The molecule has 2 atom stereocenters. The molecule has 102 valence electrons. The fraction of sp³-hybridized carbons (Fsp3) is 0.385. The average Bonchev–Trinajstić information content (AvgIpc) is 2.70. The van der Waals surface area contributed by atoms with Gasteiger partial charge in [-0.25, -0.2) is 0 Å². The van der Waals surface area contributed by atoms with Crippen LogP contribution < -0.4 is 5.73 Å². The Kier molecular flexibility index (Phi) is 3.80. The highest BCUT2D eigenvalue weighted by Crippen LogP contribution is 2.27. The number of rotatable bonds is 2. The zero-order chi connectivity index (χ0) is 14.2. The number of hydrogen-bond donors (Lipinski definition) is 2. The van der Waals surface area contributed by atoms with Gasteiger partial charge in [0.1, 0.15) is 0 Å². The summed E-state index contributed by atoms with van der Waals surface area (Å²) in [5, 5.41) is 9.08. The van der Waals surface area contributed by atoms with Crippen LogP contribution in [0, 0.1) is 11.8 Å². The van der Waals surface area contributed by atoms with Gasteiger partial charge in [-0.2, -0.15) is 0 Å². The van der Waals surface area contributed by atoms with E-state index in [0.717, 1.165) is 4.47 Å². The molecule has 0 unspecified atom stereocenters. The SMILES string of the molecule is C[C@@H]1CN(C(=O)c2ccc(Br)cc2N)C[C@H]1C(=O)O. The second kappa shape index (κ2) is 5.21. The molecule has 0 spiro atoms. The van der Waals surface area contributed by atoms with Crippen molar-refractivity contribution in [3.8, 4) is 0 Å². The number of anilines is 1. The van der Waals surface area contributed by atoms with E-state index in [2.05, 4.69) is 15.9 Å². The molecule has 0 aliphatic carbocycles. The van der Waals surface area contributed by atoms with Gasteiger partial charge in [-0.15, -0.1) is 0 Å². The number of nitrogen functional groups attached to an aromatic ring is 1. The minimum Gasteiger partial charge on any atom is -0.481 e. The smallest absolute Gasteiger partial charge is 0.308 e. The highest BCUT2D eigenvalue weighted by Gasteiger charge is 2.37. The number of benzene rings is 1. The molecule has 1 saturated heterocycles. The molecule has 6 heteroatoms. The Morgan fingerprint density at radius 1 is 1.42 bits per heavy atom. The molecule has 2 rings (SSSR count). The van der Waals surface area contributed by atoms with Gasteiger partial charge in [0.15, 0.2) is 0 Å². The average molecular weight is 327 g/mol. The van der Waals surface area contributed by atoms with Gasteiger partial charge >= 0.3 is 5.97 Å². The number of carboxylic acid groups (broad SMARTS) is 1. The van der Waals surface area contributed by atoms with Crippen LogP contribution in [0.1, 0.15) is 17.3 Å². The maximum Gasteiger partial charge on any atom is 0.308 e. The molecule has 0 bridgehead atoms. The maximum absolute atomic E-state index is 12.3. The first-order chi connectivity index (χ1) is 8.90. The highest BCUT2D eigenvalue weighted by molar-refractivity contribution is 9.10. The van der Waals surface area contributed by atoms with Gasteiger partial charge in [-0.1, -0.05) is 22.9 Å². The lowest BCUT2D eigenvalue weighted by molar-refractivity contribution is -0.142. The van der Waals surface area contributed by atoms with E-state index < -0.39 is 11.9 Å². The Morgan fingerprint density at radius 2 is 2.11 bits per heavy atom. The third-order valence-corrected chi connectivity index (χ3v) is 3.95. The van der Waals surface area contributed by atoms with Gasteiger partial charge in [0.25, 0.3) is 5.91 Å². The van der Waals surface area contributed by atoms with Crippen molar-refractivity contribution in [2.24, 2.45) is 11.8 Å². The second-order valence-electron chi connectivity index (χ2n) is 4.86. The third-order valence-electron chi connectivity index (χ3n) is 3.46. The number of halogens is 1. The van der Waals surface area contributed by atoms with Gasteiger partial charge in [-0.3, -0.25) is 9.59 Å². The molecule has 1 aromatic carbocycles. The Morgan fingerprint density at radius 3 is 2.63 bits per heavy atom. The summed E-state index contributed by atoms with van der Waals surface area (Å²) in [5.41, 5.74) is 6.64. The van der Waals surface area contributed by atoms with Crippen molar-refractivity contribution in [1.82, 2.24) is 4.90 Å². The van der Waals surface area contributed by atoms with E-state index in [1.165, 1.54) is 0 Å².